The van der Waals surface area contributed by atoms with Gasteiger partial charge in [0.15, 0.2) is 0 Å². The summed E-state index contributed by atoms with van der Waals surface area (Å²) in [7, 11) is 0. The highest BCUT2D eigenvalue weighted by Crippen LogP contribution is 2.22. The lowest BCUT2D eigenvalue weighted by Crippen LogP contribution is -2.17. The summed E-state index contributed by atoms with van der Waals surface area (Å²) in [6.07, 6.45) is 2.83. The highest BCUT2D eigenvalue weighted by molar-refractivity contribution is 7.99. The Hall–Kier alpha value is -1.000. The number of para-hydroxylation sites is 1. The third-order valence-corrected chi connectivity index (χ3v) is 4.03. The molecule has 0 aliphatic rings. The molecule has 0 heterocycles. The number of anilines is 1. The van der Waals surface area contributed by atoms with Crippen LogP contribution in [0.2, 0.25) is 0 Å². The molecule has 0 aromatic heterocycles. The summed E-state index contributed by atoms with van der Waals surface area (Å²) in [6.45, 7) is 4.91. The number of hydrogen-bond acceptors (Lipinski definition) is 3. The number of hydrogen-bond donors (Lipinski definition) is 2. The minimum absolute atomic E-state index is 0.0811. The van der Waals surface area contributed by atoms with E-state index < -0.39 is 0 Å². The maximum absolute atomic E-state index is 11.9. The van der Waals surface area contributed by atoms with Crippen LogP contribution in [0.4, 0.5) is 5.69 Å². The quantitative estimate of drug-likeness (QED) is 0.720. The normalized spacial score (nSPS) is 10.5. The van der Waals surface area contributed by atoms with Crippen molar-refractivity contribution in [2.75, 3.05) is 23.4 Å². The Kier molecular flexibility index (Phi) is 7.60. The molecule has 106 valence electrons. The Morgan fingerprint density at radius 3 is 2.42 bits per heavy atom. The number of nitrogens with one attached hydrogen (secondary N) is 1. The van der Waals surface area contributed by atoms with E-state index in [-0.39, 0.29) is 5.91 Å². The van der Waals surface area contributed by atoms with Crippen molar-refractivity contribution in [3.8, 4) is 0 Å². The zero-order valence-corrected chi connectivity index (χ0v) is 12.7. The molecule has 1 aromatic carbocycles. The van der Waals surface area contributed by atoms with E-state index in [4.69, 9.17) is 5.73 Å². The fraction of sp³-hybridized carbons (Fsp3) is 0.533. The molecule has 3 N–H and O–H groups in total. The van der Waals surface area contributed by atoms with Crippen molar-refractivity contribution in [2.45, 2.75) is 33.1 Å². The Labute approximate surface area is 120 Å². The van der Waals surface area contributed by atoms with Gasteiger partial charge in [-0.2, -0.15) is 11.8 Å². The van der Waals surface area contributed by atoms with Crippen LogP contribution in [0.1, 0.15) is 31.4 Å². The predicted octanol–water partition coefficient (Wildman–Crippen LogP) is 2.83. The number of aryl methyl sites for hydroxylation is 2. The third-order valence-electron chi connectivity index (χ3n) is 2.99. The van der Waals surface area contributed by atoms with Crippen LogP contribution in [-0.2, 0) is 17.6 Å². The van der Waals surface area contributed by atoms with Gasteiger partial charge in [0.25, 0.3) is 0 Å². The minimum Gasteiger partial charge on any atom is -0.330 e. The Morgan fingerprint density at radius 1 is 1.26 bits per heavy atom. The molecule has 3 nitrogen and oxygen atoms in total. The first-order chi connectivity index (χ1) is 9.22. The van der Waals surface area contributed by atoms with Gasteiger partial charge in [-0.1, -0.05) is 32.0 Å². The molecule has 0 atom stereocenters. The Morgan fingerprint density at radius 2 is 1.89 bits per heavy atom. The van der Waals surface area contributed by atoms with Crippen molar-refractivity contribution < 1.29 is 4.79 Å². The maximum atomic E-state index is 11.9. The second-order valence-electron chi connectivity index (χ2n) is 4.40. The number of amides is 1. The first kappa shape index (κ1) is 16.1. The molecule has 0 fully saturated rings. The zero-order chi connectivity index (χ0) is 14.1. The van der Waals surface area contributed by atoms with Gasteiger partial charge in [-0.3, -0.25) is 4.79 Å². The van der Waals surface area contributed by atoms with Crippen molar-refractivity contribution in [1.82, 2.24) is 0 Å². The van der Waals surface area contributed by atoms with E-state index in [0.29, 0.717) is 12.3 Å². The van der Waals surface area contributed by atoms with E-state index in [1.165, 1.54) is 11.1 Å². The average Bonchev–Trinajstić information content (AvgIpc) is 2.43. The van der Waals surface area contributed by atoms with Gasteiger partial charge in [-0.25, -0.2) is 0 Å². The van der Waals surface area contributed by atoms with Crippen LogP contribution in [0.15, 0.2) is 18.2 Å². The molecule has 19 heavy (non-hydrogen) atoms. The average molecular weight is 280 g/mol. The second kappa shape index (κ2) is 8.99. The van der Waals surface area contributed by atoms with Crippen LogP contribution >= 0.6 is 11.8 Å². The molecule has 1 rings (SSSR count). The lowest BCUT2D eigenvalue weighted by atomic mass is 10.0. The fourth-order valence-corrected chi connectivity index (χ4v) is 2.70. The first-order valence-electron chi connectivity index (χ1n) is 6.91. The summed E-state index contributed by atoms with van der Waals surface area (Å²) in [6, 6.07) is 6.22. The van der Waals surface area contributed by atoms with Gasteiger partial charge in [0.1, 0.15) is 0 Å². The van der Waals surface area contributed by atoms with Crippen LogP contribution in [0.5, 0.6) is 0 Å². The zero-order valence-electron chi connectivity index (χ0n) is 11.9. The molecule has 1 aromatic rings. The fourth-order valence-electron chi connectivity index (χ4n) is 1.93. The molecule has 0 aliphatic carbocycles. The summed E-state index contributed by atoms with van der Waals surface area (Å²) in [5.41, 5.74) is 8.86. The third kappa shape index (κ3) is 5.25. The molecule has 0 unspecified atom stereocenters. The second-order valence-corrected chi connectivity index (χ2v) is 5.51. The lowest BCUT2D eigenvalue weighted by molar-refractivity contribution is -0.113. The lowest BCUT2D eigenvalue weighted by Gasteiger charge is -2.14. The van der Waals surface area contributed by atoms with Crippen LogP contribution in [-0.4, -0.2) is 24.0 Å². The molecule has 0 spiro atoms. The van der Waals surface area contributed by atoms with Crippen LogP contribution in [0.3, 0.4) is 0 Å². The SMILES string of the molecule is CCc1cccc(CC)c1NC(=O)CSCCCN. The molecule has 0 saturated carbocycles. The highest BCUT2D eigenvalue weighted by Gasteiger charge is 2.09. The summed E-state index contributed by atoms with van der Waals surface area (Å²) < 4.78 is 0. The maximum Gasteiger partial charge on any atom is 0.234 e. The number of carbonyl (C=O) groups is 1. The first-order valence-corrected chi connectivity index (χ1v) is 8.06. The van der Waals surface area contributed by atoms with E-state index in [0.717, 1.165) is 30.7 Å². The highest BCUT2D eigenvalue weighted by atomic mass is 32.2. The van der Waals surface area contributed by atoms with Gasteiger partial charge in [0, 0.05) is 5.69 Å². The largest absolute Gasteiger partial charge is 0.330 e. The smallest absolute Gasteiger partial charge is 0.234 e. The van der Waals surface area contributed by atoms with E-state index in [1.807, 2.05) is 0 Å². The van der Waals surface area contributed by atoms with Gasteiger partial charge >= 0.3 is 0 Å². The number of benzene rings is 1. The van der Waals surface area contributed by atoms with Crippen molar-refractivity contribution in [2.24, 2.45) is 5.73 Å². The molecule has 0 aliphatic heterocycles. The minimum atomic E-state index is 0.0811. The molecule has 0 bridgehead atoms. The van der Waals surface area contributed by atoms with Crippen LogP contribution in [0, 0.1) is 0 Å². The van der Waals surface area contributed by atoms with Gasteiger partial charge in [0.2, 0.25) is 5.91 Å². The number of rotatable bonds is 8. The van der Waals surface area contributed by atoms with Crippen molar-refractivity contribution >= 4 is 23.4 Å². The van der Waals surface area contributed by atoms with Crippen molar-refractivity contribution in [1.29, 1.82) is 0 Å². The van der Waals surface area contributed by atoms with E-state index >= 15 is 0 Å². The topological polar surface area (TPSA) is 55.1 Å². The standard InChI is InChI=1S/C15H24N2OS/c1-3-12-7-5-8-13(4-2)15(12)17-14(18)11-19-10-6-9-16/h5,7-8H,3-4,6,9-11,16H2,1-2H3,(H,17,18). The van der Waals surface area contributed by atoms with Gasteiger partial charge < -0.3 is 11.1 Å². The molecule has 0 saturated heterocycles. The van der Waals surface area contributed by atoms with Crippen LogP contribution < -0.4 is 11.1 Å². The summed E-state index contributed by atoms with van der Waals surface area (Å²) in [4.78, 5) is 11.9. The number of thioether (sulfide) groups is 1. The number of carbonyl (C=O) groups excluding carboxylic acids is 1. The number of nitrogens with two attached hydrogens (primary N) is 1. The molecule has 1 amide bonds. The van der Waals surface area contributed by atoms with Gasteiger partial charge in [-0.15, -0.1) is 0 Å². The summed E-state index contributed by atoms with van der Waals surface area (Å²) in [5.74, 6) is 1.53. The van der Waals surface area contributed by atoms with Crippen molar-refractivity contribution in [3.63, 3.8) is 0 Å². The molecule has 0 radical (unpaired) electrons. The molecular weight excluding hydrogens is 256 g/mol. The Bertz CT molecular complexity index is 385. The van der Waals surface area contributed by atoms with Crippen LogP contribution in [0.25, 0.3) is 0 Å². The predicted molar refractivity (Wildman–Crippen MR) is 84.8 cm³/mol. The van der Waals surface area contributed by atoms with E-state index in [9.17, 15) is 4.79 Å². The molecule has 4 heteroatoms. The summed E-state index contributed by atoms with van der Waals surface area (Å²) in [5, 5.41) is 3.07. The van der Waals surface area contributed by atoms with Gasteiger partial charge in [-0.05, 0) is 42.7 Å². The Balaban J connectivity index is 2.62. The van der Waals surface area contributed by atoms with Crippen molar-refractivity contribution in [3.05, 3.63) is 29.3 Å². The van der Waals surface area contributed by atoms with E-state index in [2.05, 4.69) is 37.4 Å². The molecular formula is C15H24N2OS. The van der Waals surface area contributed by atoms with Gasteiger partial charge in [0.05, 0.1) is 5.75 Å². The monoisotopic (exact) mass is 280 g/mol. The summed E-state index contributed by atoms with van der Waals surface area (Å²) >= 11 is 1.64. The van der Waals surface area contributed by atoms with E-state index in [1.54, 1.807) is 11.8 Å².